The van der Waals surface area contributed by atoms with Gasteiger partial charge >= 0.3 is 0 Å². The molecule has 2 rings (SSSR count). The number of hydrogen-bond donors (Lipinski definition) is 0. The molecule has 0 aliphatic carbocycles. The summed E-state index contributed by atoms with van der Waals surface area (Å²) in [6, 6.07) is 17.7. The quantitative estimate of drug-likeness (QED) is 0.562. The molecule has 96 valence electrons. The van der Waals surface area contributed by atoms with Crippen molar-refractivity contribution >= 4 is 11.9 Å². The second kappa shape index (κ2) is 6.69. The van der Waals surface area contributed by atoms with Crippen molar-refractivity contribution in [2.45, 2.75) is 19.8 Å². The van der Waals surface area contributed by atoms with Crippen LogP contribution in [-0.4, -0.2) is 5.78 Å². The van der Waals surface area contributed by atoms with Gasteiger partial charge < -0.3 is 0 Å². The van der Waals surface area contributed by atoms with Gasteiger partial charge in [-0.2, -0.15) is 0 Å². The molecule has 1 heteroatoms. The van der Waals surface area contributed by atoms with Gasteiger partial charge in [0.2, 0.25) is 0 Å². The van der Waals surface area contributed by atoms with Crippen molar-refractivity contribution in [1.29, 1.82) is 0 Å². The van der Waals surface area contributed by atoms with Gasteiger partial charge in [0, 0.05) is 5.56 Å². The van der Waals surface area contributed by atoms with Gasteiger partial charge in [-0.3, -0.25) is 4.79 Å². The first-order valence-corrected chi connectivity index (χ1v) is 6.66. The summed E-state index contributed by atoms with van der Waals surface area (Å²) < 4.78 is 0. The monoisotopic (exact) mass is 250 g/mol. The summed E-state index contributed by atoms with van der Waals surface area (Å²) in [5.41, 5.74) is 3.07. The van der Waals surface area contributed by atoms with E-state index in [1.807, 2.05) is 60.7 Å². The molecule has 19 heavy (non-hydrogen) atoms. The molecule has 0 aromatic heterocycles. The Kier molecular flexibility index (Phi) is 4.68. The summed E-state index contributed by atoms with van der Waals surface area (Å²) in [4.78, 5) is 12.0. The van der Waals surface area contributed by atoms with Crippen LogP contribution in [0.5, 0.6) is 0 Å². The van der Waals surface area contributed by atoms with Crippen LogP contribution < -0.4 is 0 Å². The zero-order chi connectivity index (χ0) is 13.5. The first-order chi connectivity index (χ1) is 9.29. The van der Waals surface area contributed by atoms with Crippen LogP contribution in [0.25, 0.3) is 6.08 Å². The number of benzene rings is 2. The smallest absolute Gasteiger partial charge is 0.185 e. The summed E-state index contributed by atoms with van der Waals surface area (Å²) in [7, 11) is 0. The molecule has 0 amide bonds. The Balaban J connectivity index is 2.05. The molecular formula is C18H18O. The number of aryl methyl sites for hydroxylation is 1. The average Bonchev–Trinajstić information content (AvgIpc) is 2.47. The first kappa shape index (κ1) is 13.3. The number of carbonyl (C=O) groups is 1. The predicted molar refractivity (Wildman–Crippen MR) is 80.2 cm³/mol. The predicted octanol–water partition coefficient (Wildman–Crippen LogP) is 4.54. The van der Waals surface area contributed by atoms with Crippen LogP contribution in [0.3, 0.4) is 0 Å². The first-order valence-electron chi connectivity index (χ1n) is 6.66. The van der Waals surface area contributed by atoms with Gasteiger partial charge in [0.25, 0.3) is 0 Å². The largest absolute Gasteiger partial charge is 0.289 e. The lowest BCUT2D eigenvalue weighted by Gasteiger charge is -2.00. The number of carbonyl (C=O) groups excluding carboxylic acids is 1. The molecule has 0 bridgehead atoms. The Morgan fingerprint density at radius 3 is 2.32 bits per heavy atom. The van der Waals surface area contributed by atoms with E-state index in [0.717, 1.165) is 24.0 Å². The molecule has 2 aromatic carbocycles. The summed E-state index contributed by atoms with van der Waals surface area (Å²) in [6.07, 6.45) is 5.67. The van der Waals surface area contributed by atoms with Crippen LogP contribution in [0.1, 0.15) is 34.8 Å². The maximum atomic E-state index is 12.0. The fraction of sp³-hybridized carbons (Fsp3) is 0.167. The lowest BCUT2D eigenvalue weighted by Crippen LogP contribution is -1.94. The van der Waals surface area contributed by atoms with Gasteiger partial charge in [-0.05, 0) is 23.6 Å². The van der Waals surface area contributed by atoms with Crippen LogP contribution in [-0.2, 0) is 6.42 Å². The second-order valence-electron chi connectivity index (χ2n) is 4.56. The maximum absolute atomic E-state index is 12.0. The van der Waals surface area contributed by atoms with Crippen LogP contribution in [0.2, 0.25) is 0 Å². The normalized spacial score (nSPS) is 10.8. The molecule has 0 unspecified atom stereocenters. The maximum Gasteiger partial charge on any atom is 0.185 e. The van der Waals surface area contributed by atoms with Crippen molar-refractivity contribution in [3.63, 3.8) is 0 Å². The van der Waals surface area contributed by atoms with E-state index in [-0.39, 0.29) is 5.78 Å². The lowest BCUT2D eigenvalue weighted by molar-refractivity contribution is 0.104. The van der Waals surface area contributed by atoms with Crippen molar-refractivity contribution in [2.75, 3.05) is 0 Å². The molecule has 0 saturated heterocycles. The third kappa shape index (κ3) is 3.92. The molecule has 0 saturated carbocycles. The zero-order valence-corrected chi connectivity index (χ0v) is 11.2. The molecule has 2 aromatic rings. The van der Waals surface area contributed by atoms with E-state index in [2.05, 4.69) is 6.92 Å². The summed E-state index contributed by atoms with van der Waals surface area (Å²) in [5.74, 6) is 0.0481. The van der Waals surface area contributed by atoms with Crippen molar-refractivity contribution in [2.24, 2.45) is 0 Å². The van der Waals surface area contributed by atoms with E-state index in [9.17, 15) is 4.79 Å². The van der Waals surface area contributed by atoms with E-state index in [4.69, 9.17) is 0 Å². The summed E-state index contributed by atoms with van der Waals surface area (Å²) >= 11 is 0. The van der Waals surface area contributed by atoms with Crippen molar-refractivity contribution in [1.82, 2.24) is 0 Å². The highest BCUT2D eigenvalue weighted by Gasteiger charge is 2.01. The Hall–Kier alpha value is -2.15. The Morgan fingerprint density at radius 2 is 1.68 bits per heavy atom. The minimum Gasteiger partial charge on any atom is -0.289 e. The number of ketones is 1. The van der Waals surface area contributed by atoms with E-state index >= 15 is 0 Å². The Morgan fingerprint density at radius 1 is 1.00 bits per heavy atom. The molecule has 1 nitrogen and oxygen atoms in total. The van der Waals surface area contributed by atoms with Crippen LogP contribution >= 0.6 is 0 Å². The van der Waals surface area contributed by atoms with Crippen LogP contribution in [0.4, 0.5) is 0 Å². The standard InChI is InChI=1S/C18H18O/c1-2-6-15-9-12-17(13-10-15)18(19)14-11-16-7-4-3-5-8-16/h3-5,7-14H,2,6H2,1H3. The van der Waals surface area contributed by atoms with E-state index in [1.165, 1.54) is 5.56 Å². The molecule has 0 spiro atoms. The van der Waals surface area contributed by atoms with Crippen LogP contribution in [0, 0.1) is 0 Å². The molecule has 0 N–H and O–H groups in total. The average molecular weight is 250 g/mol. The Labute approximate surface area is 114 Å². The SMILES string of the molecule is CCCc1ccc(C(=O)C=Cc2ccccc2)cc1. The number of allylic oxidation sites excluding steroid dienone is 1. The van der Waals surface area contributed by atoms with E-state index in [0.29, 0.717) is 0 Å². The van der Waals surface area contributed by atoms with Gasteiger partial charge in [0.05, 0.1) is 0 Å². The molecule has 0 fully saturated rings. The van der Waals surface area contributed by atoms with Gasteiger partial charge in [-0.15, -0.1) is 0 Å². The minimum atomic E-state index is 0.0481. The molecule has 0 heterocycles. The van der Waals surface area contributed by atoms with E-state index < -0.39 is 0 Å². The lowest BCUT2D eigenvalue weighted by atomic mass is 10.0. The number of rotatable bonds is 5. The van der Waals surface area contributed by atoms with Crippen molar-refractivity contribution in [3.05, 3.63) is 77.4 Å². The van der Waals surface area contributed by atoms with Crippen molar-refractivity contribution in [3.8, 4) is 0 Å². The molecular weight excluding hydrogens is 232 g/mol. The molecule has 0 radical (unpaired) electrons. The number of hydrogen-bond acceptors (Lipinski definition) is 1. The second-order valence-corrected chi connectivity index (χ2v) is 4.56. The third-order valence-corrected chi connectivity index (χ3v) is 3.00. The van der Waals surface area contributed by atoms with Gasteiger partial charge in [0.15, 0.2) is 5.78 Å². The van der Waals surface area contributed by atoms with Gasteiger partial charge in [-0.25, -0.2) is 0 Å². The fourth-order valence-corrected chi connectivity index (χ4v) is 1.96. The third-order valence-electron chi connectivity index (χ3n) is 3.00. The highest BCUT2D eigenvalue weighted by Crippen LogP contribution is 2.09. The topological polar surface area (TPSA) is 17.1 Å². The van der Waals surface area contributed by atoms with Gasteiger partial charge in [-0.1, -0.05) is 74.0 Å². The van der Waals surface area contributed by atoms with Crippen molar-refractivity contribution < 1.29 is 4.79 Å². The summed E-state index contributed by atoms with van der Waals surface area (Å²) in [6.45, 7) is 2.15. The van der Waals surface area contributed by atoms with Gasteiger partial charge in [0.1, 0.15) is 0 Å². The minimum absolute atomic E-state index is 0.0481. The Bertz CT molecular complexity index is 550. The van der Waals surface area contributed by atoms with E-state index in [1.54, 1.807) is 6.08 Å². The molecule has 0 aliphatic heterocycles. The highest BCUT2D eigenvalue weighted by molar-refractivity contribution is 6.06. The highest BCUT2D eigenvalue weighted by atomic mass is 16.1. The molecule has 0 aliphatic rings. The molecule has 0 atom stereocenters. The summed E-state index contributed by atoms with van der Waals surface area (Å²) in [5, 5.41) is 0. The van der Waals surface area contributed by atoms with Crippen LogP contribution in [0.15, 0.2) is 60.7 Å². The fourth-order valence-electron chi connectivity index (χ4n) is 1.96. The zero-order valence-electron chi connectivity index (χ0n) is 11.2.